The van der Waals surface area contributed by atoms with Crippen LogP contribution in [0.4, 0.5) is 11.4 Å². The zero-order chi connectivity index (χ0) is 18.5. The number of nitriles is 1. The molecule has 0 unspecified atom stereocenters. The first kappa shape index (κ1) is 17.6. The number of nitro groups is 1. The van der Waals surface area contributed by atoms with Gasteiger partial charge >= 0.3 is 0 Å². The SMILES string of the molecule is N#C/C(=C\c1cccs1)C(=O)N1CCN(c2ccc([N+](=O)[O-])cc2)CC1. The predicted octanol–water partition coefficient (Wildman–Crippen LogP) is 2.91. The minimum atomic E-state index is -0.427. The zero-order valence-electron chi connectivity index (χ0n) is 13.9. The van der Waals surface area contributed by atoms with Gasteiger partial charge in [0.05, 0.1) is 4.92 Å². The van der Waals surface area contributed by atoms with Crippen LogP contribution in [0, 0.1) is 21.4 Å². The summed E-state index contributed by atoms with van der Waals surface area (Å²) in [5, 5.41) is 21.9. The van der Waals surface area contributed by atoms with Gasteiger partial charge in [-0.05, 0) is 29.7 Å². The van der Waals surface area contributed by atoms with Crippen molar-refractivity contribution < 1.29 is 9.72 Å². The van der Waals surface area contributed by atoms with Gasteiger partial charge in [-0.25, -0.2) is 0 Å². The average Bonchev–Trinajstić information content (AvgIpc) is 3.19. The molecule has 1 fully saturated rings. The number of amides is 1. The molecular weight excluding hydrogens is 352 g/mol. The van der Waals surface area contributed by atoms with E-state index in [-0.39, 0.29) is 17.2 Å². The fraction of sp³-hybridized carbons (Fsp3) is 0.222. The Morgan fingerprint density at radius 2 is 1.88 bits per heavy atom. The van der Waals surface area contributed by atoms with Crippen molar-refractivity contribution in [2.45, 2.75) is 0 Å². The molecule has 0 aliphatic carbocycles. The molecule has 2 heterocycles. The summed E-state index contributed by atoms with van der Waals surface area (Å²) in [5.74, 6) is -0.260. The van der Waals surface area contributed by atoms with E-state index in [9.17, 15) is 20.2 Å². The second kappa shape index (κ2) is 7.80. The minimum Gasteiger partial charge on any atom is -0.368 e. The van der Waals surface area contributed by atoms with Crippen molar-refractivity contribution >= 4 is 34.7 Å². The molecule has 3 rings (SSSR count). The van der Waals surface area contributed by atoms with E-state index in [1.807, 2.05) is 23.6 Å². The van der Waals surface area contributed by atoms with Crippen molar-refractivity contribution in [2.75, 3.05) is 31.1 Å². The Balaban J connectivity index is 1.63. The molecule has 2 aromatic rings. The third-order valence-electron chi connectivity index (χ3n) is 4.17. The molecule has 0 atom stereocenters. The third-order valence-corrected chi connectivity index (χ3v) is 4.99. The van der Waals surface area contributed by atoms with Crippen LogP contribution in [0.15, 0.2) is 47.4 Å². The van der Waals surface area contributed by atoms with Gasteiger partial charge in [-0.15, -0.1) is 11.3 Å². The topological polar surface area (TPSA) is 90.5 Å². The molecular formula is C18H16N4O3S. The Hall–Kier alpha value is -3.18. The number of piperazine rings is 1. The lowest BCUT2D eigenvalue weighted by Crippen LogP contribution is -2.49. The number of thiophene rings is 1. The van der Waals surface area contributed by atoms with Crippen molar-refractivity contribution in [3.8, 4) is 6.07 Å². The summed E-state index contributed by atoms with van der Waals surface area (Å²) < 4.78 is 0. The van der Waals surface area contributed by atoms with E-state index in [1.54, 1.807) is 23.1 Å². The van der Waals surface area contributed by atoms with Crippen LogP contribution in [0.25, 0.3) is 6.08 Å². The van der Waals surface area contributed by atoms with Crippen LogP contribution in [0.2, 0.25) is 0 Å². The number of hydrogen-bond donors (Lipinski definition) is 0. The molecule has 0 radical (unpaired) electrons. The first-order valence-electron chi connectivity index (χ1n) is 8.02. The summed E-state index contributed by atoms with van der Waals surface area (Å²) in [6, 6.07) is 12.1. The molecule has 1 amide bonds. The highest BCUT2D eigenvalue weighted by Crippen LogP contribution is 2.21. The van der Waals surface area contributed by atoms with E-state index in [4.69, 9.17) is 0 Å². The number of hydrogen-bond acceptors (Lipinski definition) is 6. The molecule has 1 aliphatic heterocycles. The van der Waals surface area contributed by atoms with Crippen LogP contribution >= 0.6 is 11.3 Å². The largest absolute Gasteiger partial charge is 0.368 e. The van der Waals surface area contributed by atoms with Crippen molar-refractivity contribution in [3.63, 3.8) is 0 Å². The lowest BCUT2D eigenvalue weighted by atomic mass is 10.2. The molecule has 0 saturated carbocycles. The summed E-state index contributed by atoms with van der Waals surface area (Å²) in [7, 11) is 0. The predicted molar refractivity (Wildman–Crippen MR) is 99.8 cm³/mol. The molecule has 0 spiro atoms. The third kappa shape index (κ3) is 3.90. The fourth-order valence-electron chi connectivity index (χ4n) is 2.78. The lowest BCUT2D eigenvalue weighted by Gasteiger charge is -2.36. The van der Waals surface area contributed by atoms with Gasteiger partial charge in [0.1, 0.15) is 11.6 Å². The van der Waals surface area contributed by atoms with Gasteiger partial charge in [0.15, 0.2) is 0 Å². The number of anilines is 1. The first-order chi connectivity index (χ1) is 12.6. The molecule has 0 N–H and O–H groups in total. The highest BCUT2D eigenvalue weighted by molar-refractivity contribution is 7.10. The highest BCUT2D eigenvalue weighted by atomic mass is 32.1. The van der Waals surface area contributed by atoms with Gasteiger partial charge in [-0.3, -0.25) is 14.9 Å². The van der Waals surface area contributed by atoms with Crippen LogP contribution in [0.3, 0.4) is 0 Å². The van der Waals surface area contributed by atoms with Crippen molar-refractivity contribution in [2.24, 2.45) is 0 Å². The van der Waals surface area contributed by atoms with Crippen molar-refractivity contribution in [3.05, 3.63) is 62.3 Å². The molecule has 1 aromatic carbocycles. The Bertz CT molecular complexity index is 861. The Morgan fingerprint density at radius 3 is 2.42 bits per heavy atom. The Kier molecular flexibility index (Phi) is 5.29. The number of carbonyl (C=O) groups is 1. The molecule has 8 heteroatoms. The zero-order valence-corrected chi connectivity index (χ0v) is 14.7. The van der Waals surface area contributed by atoms with Crippen LogP contribution in [-0.2, 0) is 4.79 Å². The molecule has 1 aliphatic rings. The van der Waals surface area contributed by atoms with E-state index in [1.165, 1.54) is 23.5 Å². The summed E-state index contributed by atoms with van der Waals surface area (Å²) in [6.45, 7) is 2.22. The Morgan fingerprint density at radius 1 is 1.19 bits per heavy atom. The number of benzene rings is 1. The number of nitrogens with zero attached hydrogens (tertiary/aromatic N) is 4. The summed E-state index contributed by atoms with van der Waals surface area (Å²) in [5.41, 5.74) is 1.08. The minimum absolute atomic E-state index is 0.0555. The van der Waals surface area contributed by atoms with Gasteiger partial charge in [-0.1, -0.05) is 6.07 Å². The average molecular weight is 368 g/mol. The maximum Gasteiger partial charge on any atom is 0.269 e. The van der Waals surface area contributed by atoms with Gasteiger partial charge in [0, 0.05) is 48.9 Å². The summed E-state index contributed by atoms with van der Waals surface area (Å²) in [4.78, 5) is 27.5. The van der Waals surface area contributed by atoms with Gasteiger partial charge in [-0.2, -0.15) is 5.26 Å². The molecule has 26 heavy (non-hydrogen) atoms. The number of rotatable bonds is 4. The van der Waals surface area contributed by atoms with Gasteiger partial charge in [0.2, 0.25) is 0 Å². The molecule has 1 aromatic heterocycles. The van der Waals surface area contributed by atoms with Crippen LogP contribution in [0.5, 0.6) is 0 Å². The maximum atomic E-state index is 12.6. The molecule has 132 valence electrons. The van der Waals surface area contributed by atoms with Gasteiger partial charge < -0.3 is 9.80 Å². The number of nitro benzene ring substituents is 1. The normalized spacial score (nSPS) is 14.8. The van der Waals surface area contributed by atoms with Gasteiger partial charge in [0.25, 0.3) is 11.6 Å². The highest BCUT2D eigenvalue weighted by Gasteiger charge is 2.24. The van der Waals surface area contributed by atoms with E-state index in [0.29, 0.717) is 26.2 Å². The van der Waals surface area contributed by atoms with E-state index in [2.05, 4.69) is 4.90 Å². The molecule has 7 nitrogen and oxygen atoms in total. The second-order valence-corrected chi connectivity index (χ2v) is 6.72. The number of non-ortho nitro benzene ring substituents is 1. The lowest BCUT2D eigenvalue weighted by molar-refractivity contribution is -0.384. The smallest absolute Gasteiger partial charge is 0.269 e. The number of carbonyl (C=O) groups excluding carboxylic acids is 1. The monoisotopic (exact) mass is 368 g/mol. The fourth-order valence-corrected chi connectivity index (χ4v) is 3.44. The standard InChI is InChI=1S/C18H16N4O3S/c19-13-14(12-17-2-1-11-26-17)18(23)21-9-7-20(8-10-21)15-3-5-16(6-4-15)22(24)25/h1-6,11-12H,7-10H2/b14-12+. The Labute approximate surface area is 154 Å². The van der Waals surface area contributed by atoms with E-state index in [0.717, 1.165) is 10.6 Å². The molecule has 1 saturated heterocycles. The summed E-state index contributed by atoms with van der Waals surface area (Å²) in [6.07, 6.45) is 1.62. The van der Waals surface area contributed by atoms with Crippen molar-refractivity contribution in [1.82, 2.24) is 4.90 Å². The first-order valence-corrected chi connectivity index (χ1v) is 8.90. The van der Waals surface area contributed by atoms with E-state index >= 15 is 0 Å². The second-order valence-electron chi connectivity index (χ2n) is 5.74. The molecule has 0 bridgehead atoms. The van der Waals surface area contributed by atoms with Crippen LogP contribution in [-0.4, -0.2) is 41.9 Å². The quantitative estimate of drug-likeness (QED) is 0.358. The van der Waals surface area contributed by atoms with Crippen LogP contribution in [0.1, 0.15) is 4.88 Å². The van der Waals surface area contributed by atoms with E-state index < -0.39 is 4.92 Å². The van der Waals surface area contributed by atoms with Crippen LogP contribution < -0.4 is 4.90 Å². The van der Waals surface area contributed by atoms with Crippen molar-refractivity contribution in [1.29, 1.82) is 5.26 Å². The summed E-state index contributed by atoms with van der Waals surface area (Å²) >= 11 is 1.48. The maximum absolute atomic E-state index is 12.6.